The molecule has 0 fully saturated rings. The number of hydrogen-bond acceptors (Lipinski definition) is 4. The Morgan fingerprint density at radius 3 is 1.07 bits per heavy atom. The van der Waals surface area contributed by atoms with E-state index < -0.39 is 4.92 Å². The van der Waals surface area contributed by atoms with Crippen molar-refractivity contribution in [3.63, 3.8) is 0 Å². The fraction of sp³-hybridized carbons (Fsp3) is 0.778. The van der Waals surface area contributed by atoms with Gasteiger partial charge in [0.05, 0.1) is 4.92 Å². The molecule has 43 heavy (non-hydrogen) atoms. The summed E-state index contributed by atoms with van der Waals surface area (Å²) in [6.07, 6.45) is 30.0. The molecular weight excluding hydrogens is 538 g/mol. The number of unbranched alkanes of at least 4 members (excludes halogenated alkanes) is 22. The molecule has 7 nitrogen and oxygen atoms in total. The summed E-state index contributed by atoms with van der Waals surface area (Å²) in [5.41, 5.74) is 0.0702. The highest BCUT2D eigenvalue weighted by Gasteiger charge is 2.18. The Kier molecular flexibility index (Phi) is 24.3. The van der Waals surface area contributed by atoms with E-state index in [2.05, 4.69) is 24.5 Å². The molecule has 0 atom stereocenters. The van der Waals surface area contributed by atoms with Crippen LogP contribution in [0.4, 0.5) is 5.69 Å². The Bertz CT molecular complexity index is 814. The van der Waals surface area contributed by atoms with Crippen LogP contribution in [0.15, 0.2) is 18.2 Å². The molecule has 1 aromatic carbocycles. The maximum absolute atomic E-state index is 12.7. The topological polar surface area (TPSA) is 101 Å². The van der Waals surface area contributed by atoms with Crippen LogP contribution in [0.25, 0.3) is 0 Å². The Labute approximate surface area is 262 Å². The standard InChI is InChI=1S/C36H63N3O4/c1-3-5-7-9-11-13-15-17-19-21-23-25-27-37-35(40)32-29-33(31-34(30-32)39(42)43)36(41)38-28-26-24-22-20-18-16-14-12-10-8-6-4-2/h29-31H,3-28H2,1-2H3,(H,37,40)(H,38,41). The van der Waals surface area contributed by atoms with Crippen LogP contribution in [0.5, 0.6) is 0 Å². The molecule has 0 aliphatic carbocycles. The summed E-state index contributed by atoms with van der Waals surface area (Å²) in [6.45, 7) is 5.55. The smallest absolute Gasteiger partial charge is 0.271 e. The second-order valence-corrected chi connectivity index (χ2v) is 12.3. The van der Waals surface area contributed by atoms with Crippen LogP contribution < -0.4 is 10.6 Å². The summed E-state index contributed by atoms with van der Waals surface area (Å²) >= 11 is 0. The first-order chi connectivity index (χ1) is 21.0. The zero-order valence-corrected chi connectivity index (χ0v) is 27.7. The monoisotopic (exact) mass is 601 g/mol. The zero-order chi connectivity index (χ0) is 31.4. The van der Waals surface area contributed by atoms with Crippen molar-refractivity contribution >= 4 is 17.5 Å². The molecule has 0 heterocycles. The lowest BCUT2D eigenvalue weighted by Crippen LogP contribution is -2.27. The number of nitrogens with one attached hydrogen (secondary N) is 2. The summed E-state index contributed by atoms with van der Waals surface area (Å²) < 4.78 is 0. The molecule has 7 heteroatoms. The molecule has 0 aliphatic rings. The number of benzene rings is 1. The Hall–Kier alpha value is -2.44. The van der Waals surface area contributed by atoms with E-state index in [1.165, 1.54) is 134 Å². The minimum atomic E-state index is -0.552. The molecule has 246 valence electrons. The highest BCUT2D eigenvalue weighted by Crippen LogP contribution is 2.18. The van der Waals surface area contributed by atoms with Crippen molar-refractivity contribution in [2.24, 2.45) is 0 Å². The average Bonchev–Trinajstić information content (AvgIpc) is 3.01. The predicted molar refractivity (Wildman–Crippen MR) is 180 cm³/mol. The van der Waals surface area contributed by atoms with Gasteiger partial charge in [-0.15, -0.1) is 0 Å². The first-order valence-electron chi connectivity index (χ1n) is 17.9. The van der Waals surface area contributed by atoms with E-state index in [1.807, 2.05) is 0 Å². The Morgan fingerprint density at radius 1 is 0.512 bits per heavy atom. The van der Waals surface area contributed by atoms with E-state index >= 15 is 0 Å². The summed E-state index contributed by atoms with van der Waals surface area (Å²) in [6, 6.07) is 3.96. The summed E-state index contributed by atoms with van der Waals surface area (Å²) in [5.74, 6) is -0.747. The van der Waals surface area contributed by atoms with Crippen molar-refractivity contribution in [1.29, 1.82) is 0 Å². The highest BCUT2D eigenvalue weighted by atomic mass is 16.6. The molecule has 2 amide bonds. The van der Waals surface area contributed by atoms with E-state index in [4.69, 9.17) is 0 Å². The van der Waals surface area contributed by atoms with E-state index in [9.17, 15) is 19.7 Å². The lowest BCUT2D eigenvalue weighted by Gasteiger charge is -2.09. The van der Waals surface area contributed by atoms with Gasteiger partial charge in [-0.1, -0.05) is 155 Å². The number of nitro groups is 1. The molecule has 1 rings (SSSR count). The Balaban J connectivity index is 2.25. The van der Waals surface area contributed by atoms with Crippen LogP contribution in [0.2, 0.25) is 0 Å². The van der Waals surface area contributed by atoms with Crippen LogP contribution in [0, 0.1) is 10.1 Å². The number of hydrogen-bond donors (Lipinski definition) is 2. The molecule has 0 aliphatic heterocycles. The number of carbonyl (C=O) groups is 2. The third-order valence-corrected chi connectivity index (χ3v) is 8.28. The maximum atomic E-state index is 12.7. The number of non-ortho nitro benzene ring substituents is 1. The van der Waals surface area contributed by atoms with Gasteiger partial charge in [-0.05, 0) is 18.9 Å². The average molecular weight is 602 g/mol. The minimum Gasteiger partial charge on any atom is -0.352 e. The van der Waals surface area contributed by atoms with Crippen molar-refractivity contribution in [1.82, 2.24) is 10.6 Å². The van der Waals surface area contributed by atoms with Crippen molar-refractivity contribution in [2.75, 3.05) is 13.1 Å². The molecule has 0 aromatic heterocycles. The SMILES string of the molecule is CCCCCCCCCCCCCCNC(=O)c1cc(C(=O)NCCCCCCCCCCCCCC)cc([N+](=O)[O-])c1. The Morgan fingerprint density at radius 2 is 0.791 bits per heavy atom. The molecular formula is C36H63N3O4. The van der Waals surface area contributed by atoms with Crippen molar-refractivity contribution in [2.45, 2.75) is 168 Å². The fourth-order valence-electron chi connectivity index (χ4n) is 5.52. The number of carbonyl (C=O) groups excluding carboxylic acids is 2. The van der Waals surface area contributed by atoms with Gasteiger partial charge in [0.2, 0.25) is 0 Å². The lowest BCUT2D eigenvalue weighted by molar-refractivity contribution is -0.384. The van der Waals surface area contributed by atoms with Gasteiger partial charge in [-0.2, -0.15) is 0 Å². The lowest BCUT2D eigenvalue weighted by atomic mass is 10.0. The molecule has 0 saturated heterocycles. The largest absolute Gasteiger partial charge is 0.352 e. The first kappa shape index (κ1) is 38.6. The van der Waals surface area contributed by atoms with Crippen molar-refractivity contribution in [3.8, 4) is 0 Å². The molecule has 0 saturated carbocycles. The molecule has 0 spiro atoms. The van der Waals surface area contributed by atoms with E-state index in [0.717, 1.165) is 38.5 Å². The second-order valence-electron chi connectivity index (χ2n) is 12.3. The highest BCUT2D eigenvalue weighted by molar-refractivity contribution is 6.00. The fourth-order valence-corrected chi connectivity index (χ4v) is 5.52. The normalized spacial score (nSPS) is 11.0. The van der Waals surface area contributed by atoms with Gasteiger partial charge in [0, 0.05) is 36.3 Å². The van der Waals surface area contributed by atoms with E-state index in [-0.39, 0.29) is 28.6 Å². The van der Waals surface area contributed by atoms with Crippen LogP contribution in [-0.2, 0) is 0 Å². The quantitative estimate of drug-likeness (QED) is 0.0542. The minimum absolute atomic E-state index is 0.156. The zero-order valence-electron chi connectivity index (χ0n) is 27.7. The number of rotatable bonds is 29. The maximum Gasteiger partial charge on any atom is 0.271 e. The van der Waals surface area contributed by atoms with Crippen LogP contribution >= 0.6 is 0 Å². The molecule has 0 bridgehead atoms. The molecule has 0 unspecified atom stereocenters. The van der Waals surface area contributed by atoms with Crippen molar-refractivity contribution < 1.29 is 14.5 Å². The van der Waals surface area contributed by atoms with Crippen LogP contribution in [0.1, 0.15) is 189 Å². The molecule has 1 aromatic rings. The predicted octanol–water partition coefficient (Wildman–Crippen LogP) is 10.5. The van der Waals surface area contributed by atoms with Crippen molar-refractivity contribution in [3.05, 3.63) is 39.4 Å². The summed E-state index contributed by atoms with van der Waals surface area (Å²) in [5, 5.41) is 17.2. The van der Waals surface area contributed by atoms with Crippen LogP contribution in [0.3, 0.4) is 0 Å². The number of nitro benzene ring substituents is 1. The van der Waals surface area contributed by atoms with E-state index in [1.54, 1.807) is 0 Å². The summed E-state index contributed by atoms with van der Waals surface area (Å²) in [7, 11) is 0. The first-order valence-corrected chi connectivity index (χ1v) is 17.9. The molecule has 2 N–H and O–H groups in total. The van der Waals surface area contributed by atoms with Gasteiger partial charge in [-0.25, -0.2) is 0 Å². The van der Waals surface area contributed by atoms with Gasteiger partial charge >= 0.3 is 0 Å². The van der Waals surface area contributed by atoms with Gasteiger partial charge in [0.15, 0.2) is 0 Å². The van der Waals surface area contributed by atoms with Crippen LogP contribution in [-0.4, -0.2) is 29.8 Å². The van der Waals surface area contributed by atoms with Gasteiger partial charge in [-0.3, -0.25) is 19.7 Å². The van der Waals surface area contributed by atoms with Gasteiger partial charge in [0.1, 0.15) is 0 Å². The second kappa shape index (κ2) is 27.1. The third-order valence-electron chi connectivity index (χ3n) is 8.28. The number of amides is 2. The number of nitrogens with zero attached hydrogens (tertiary/aromatic N) is 1. The van der Waals surface area contributed by atoms with Gasteiger partial charge < -0.3 is 10.6 Å². The molecule has 0 radical (unpaired) electrons. The van der Waals surface area contributed by atoms with Gasteiger partial charge in [0.25, 0.3) is 17.5 Å². The van der Waals surface area contributed by atoms with E-state index in [0.29, 0.717) is 13.1 Å². The summed E-state index contributed by atoms with van der Waals surface area (Å²) in [4.78, 5) is 36.3. The third kappa shape index (κ3) is 21.0.